The van der Waals surface area contributed by atoms with Gasteiger partial charge in [0.05, 0.1) is 0 Å². The highest BCUT2D eigenvalue weighted by Gasteiger charge is 2.48. The van der Waals surface area contributed by atoms with E-state index >= 15 is 0 Å². The lowest BCUT2D eigenvalue weighted by Crippen LogP contribution is -2.06. The minimum Gasteiger partial charge on any atom is -0.461 e. The van der Waals surface area contributed by atoms with E-state index in [1.165, 1.54) is 5.56 Å². The summed E-state index contributed by atoms with van der Waals surface area (Å²) in [4.78, 5) is 12.0. The van der Waals surface area contributed by atoms with Crippen LogP contribution in [0.2, 0.25) is 0 Å². The van der Waals surface area contributed by atoms with Gasteiger partial charge in [-0.05, 0) is 28.9 Å². The molecule has 0 heterocycles. The van der Waals surface area contributed by atoms with E-state index in [0.29, 0.717) is 30.8 Å². The van der Waals surface area contributed by atoms with Crippen molar-refractivity contribution in [1.82, 2.24) is 0 Å². The van der Waals surface area contributed by atoms with Crippen molar-refractivity contribution in [3.63, 3.8) is 0 Å². The molecule has 0 saturated heterocycles. The third-order valence-electron chi connectivity index (χ3n) is 4.39. The second-order valence-corrected chi connectivity index (χ2v) is 5.81. The number of esters is 1. The summed E-state index contributed by atoms with van der Waals surface area (Å²) in [6.45, 7) is 2.59. The average Bonchev–Trinajstić information content (AvgIpc) is 3.16. The van der Waals surface area contributed by atoms with E-state index in [9.17, 15) is 4.79 Å². The quantitative estimate of drug-likeness (QED) is 0.768. The van der Waals surface area contributed by atoms with Crippen molar-refractivity contribution in [3.05, 3.63) is 71.8 Å². The van der Waals surface area contributed by atoms with E-state index in [2.05, 4.69) is 31.2 Å². The Morgan fingerprint density at radius 1 is 1.00 bits per heavy atom. The van der Waals surface area contributed by atoms with E-state index in [1.807, 2.05) is 36.4 Å². The molecule has 2 aromatic carbocycles. The molecule has 0 aliphatic heterocycles. The van der Waals surface area contributed by atoms with Crippen molar-refractivity contribution < 1.29 is 9.53 Å². The van der Waals surface area contributed by atoms with Crippen LogP contribution in [-0.4, -0.2) is 5.97 Å². The van der Waals surface area contributed by atoms with Gasteiger partial charge in [-0.2, -0.15) is 0 Å². The standard InChI is InChI=1S/C19H20O2/c1-14-17(19(14)16-10-6-3-7-11-16)12-18(20)21-13-15-8-4-2-5-9-15/h2-11,14,17,19H,12-13H2,1H3/t14-,17-,19+/m1/s1. The van der Waals surface area contributed by atoms with E-state index in [1.54, 1.807) is 0 Å². The van der Waals surface area contributed by atoms with Crippen molar-refractivity contribution >= 4 is 5.97 Å². The Labute approximate surface area is 125 Å². The Balaban J connectivity index is 1.50. The predicted octanol–water partition coefficient (Wildman–Crippen LogP) is 4.17. The van der Waals surface area contributed by atoms with Crippen molar-refractivity contribution in [2.45, 2.75) is 25.9 Å². The number of carbonyl (C=O) groups excluding carboxylic acids is 1. The molecule has 1 aliphatic carbocycles. The summed E-state index contributed by atoms with van der Waals surface area (Å²) in [6.07, 6.45) is 0.521. The molecule has 0 unspecified atom stereocenters. The van der Waals surface area contributed by atoms with Gasteiger partial charge in [0.15, 0.2) is 0 Å². The SMILES string of the molecule is C[C@@H]1[C@@H](CC(=O)OCc2ccccc2)[C@@H]1c1ccccc1. The van der Waals surface area contributed by atoms with Crippen LogP contribution in [0, 0.1) is 11.8 Å². The van der Waals surface area contributed by atoms with Gasteiger partial charge in [-0.1, -0.05) is 67.6 Å². The Kier molecular flexibility index (Phi) is 4.05. The maximum absolute atomic E-state index is 12.0. The van der Waals surface area contributed by atoms with Crippen LogP contribution < -0.4 is 0 Å². The molecular weight excluding hydrogens is 260 g/mol. The maximum atomic E-state index is 12.0. The molecule has 0 N–H and O–H groups in total. The molecule has 3 rings (SSSR count). The lowest BCUT2D eigenvalue weighted by atomic mass is 10.1. The monoisotopic (exact) mass is 280 g/mol. The zero-order chi connectivity index (χ0) is 14.7. The molecule has 0 radical (unpaired) electrons. The van der Waals surface area contributed by atoms with E-state index in [4.69, 9.17) is 4.74 Å². The molecule has 0 aromatic heterocycles. The first-order chi connectivity index (χ1) is 10.3. The van der Waals surface area contributed by atoms with E-state index < -0.39 is 0 Å². The van der Waals surface area contributed by atoms with Gasteiger partial charge in [-0.3, -0.25) is 4.79 Å². The molecule has 1 fully saturated rings. The Morgan fingerprint density at radius 2 is 1.62 bits per heavy atom. The first-order valence-electron chi connectivity index (χ1n) is 7.50. The van der Waals surface area contributed by atoms with E-state index in [-0.39, 0.29) is 5.97 Å². The Morgan fingerprint density at radius 3 is 2.29 bits per heavy atom. The first-order valence-corrected chi connectivity index (χ1v) is 7.50. The molecule has 2 nitrogen and oxygen atoms in total. The summed E-state index contributed by atoms with van der Waals surface area (Å²) < 4.78 is 5.37. The third kappa shape index (κ3) is 3.33. The molecule has 0 bridgehead atoms. The first kappa shape index (κ1) is 13.9. The van der Waals surface area contributed by atoms with Crippen LogP contribution in [0.1, 0.15) is 30.4 Å². The summed E-state index contributed by atoms with van der Waals surface area (Å²) in [7, 11) is 0. The topological polar surface area (TPSA) is 26.3 Å². The smallest absolute Gasteiger partial charge is 0.306 e. The van der Waals surface area contributed by atoms with Crippen LogP contribution in [0.4, 0.5) is 0 Å². The third-order valence-corrected chi connectivity index (χ3v) is 4.39. The zero-order valence-electron chi connectivity index (χ0n) is 12.2. The summed E-state index contributed by atoms with van der Waals surface area (Å²) >= 11 is 0. The summed E-state index contributed by atoms with van der Waals surface area (Å²) in [5, 5.41) is 0. The fourth-order valence-corrected chi connectivity index (χ4v) is 3.07. The van der Waals surface area contributed by atoms with Gasteiger partial charge in [0, 0.05) is 6.42 Å². The molecule has 108 valence electrons. The average molecular weight is 280 g/mol. The van der Waals surface area contributed by atoms with Crippen LogP contribution in [0.25, 0.3) is 0 Å². The molecule has 2 heteroatoms. The van der Waals surface area contributed by atoms with Gasteiger partial charge in [0.1, 0.15) is 6.61 Å². The van der Waals surface area contributed by atoms with Crippen molar-refractivity contribution in [2.75, 3.05) is 0 Å². The van der Waals surface area contributed by atoms with Gasteiger partial charge in [-0.15, -0.1) is 0 Å². The van der Waals surface area contributed by atoms with Crippen molar-refractivity contribution in [1.29, 1.82) is 0 Å². The van der Waals surface area contributed by atoms with E-state index in [0.717, 1.165) is 5.56 Å². The number of hydrogen-bond acceptors (Lipinski definition) is 2. The fraction of sp³-hybridized carbons (Fsp3) is 0.316. The van der Waals surface area contributed by atoms with Gasteiger partial charge < -0.3 is 4.74 Å². The molecule has 3 atom stereocenters. The fourth-order valence-electron chi connectivity index (χ4n) is 3.07. The van der Waals surface area contributed by atoms with Gasteiger partial charge in [-0.25, -0.2) is 0 Å². The molecule has 0 spiro atoms. The molecule has 1 aliphatic rings. The summed E-state index contributed by atoms with van der Waals surface area (Å²) in [6, 6.07) is 20.3. The highest BCUT2D eigenvalue weighted by atomic mass is 16.5. The number of rotatable bonds is 5. The van der Waals surface area contributed by atoms with Gasteiger partial charge in [0.25, 0.3) is 0 Å². The van der Waals surface area contributed by atoms with Crippen LogP contribution in [0.15, 0.2) is 60.7 Å². The van der Waals surface area contributed by atoms with Crippen molar-refractivity contribution in [2.24, 2.45) is 11.8 Å². The molecule has 0 amide bonds. The van der Waals surface area contributed by atoms with Crippen LogP contribution in [0.3, 0.4) is 0 Å². The zero-order valence-corrected chi connectivity index (χ0v) is 12.2. The number of ether oxygens (including phenoxy) is 1. The largest absolute Gasteiger partial charge is 0.461 e. The second kappa shape index (κ2) is 6.13. The number of benzene rings is 2. The highest BCUT2D eigenvalue weighted by Crippen LogP contribution is 2.55. The second-order valence-electron chi connectivity index (χ2n) is 5.81. The van der Waals surface area contributed by atoms with Crippen LogP contribution in [0.5, 0.6) is 0 Å². The lowest BCUT2D eigenvalue weighted by Gasteiger charge is -2.05. The predicted molar refractivity (Wildman–Crippen MR) is 82.7 cm³/mol. The molecule has 21 heavy (non-hydrogen) atoms. The highest BCUT2D eigenvalue weighted by molar-refractivity contribution is 5.70. The van der Waals surface area contributed by atoms with Crippen molar-refractivity contribution in [3.8, 4) is 0 Å². The number of hydrogen-bond donors (Lipinski definition) is 0. The normalized spacial score (nSPS) is 23.6. The molecule has 1 saturated carbocycles. The van der Waals surface area contributed by atoms with Gasteiger partial charge >= 0.3 is 5.97 Å². The molecular formula is C19H20O2. The maximum Gasteiger partial charge on any atom is 0.306 e. The Bertz CT molecular complexity index is 591. The molecule has 2 aromatic rings. The minimum atomic E-state index is -0.0888. The summed E-state index contributed by atoms with van der Waals surface area (Å²) in [5.41, 5.74) is 2.38. The number of carbonyl (C=O) groups is 1. The lowest BCUT2D eigenvalue weighted by molar-refractivity contribution is -0.145. The Hall–Kier alpha value is -2.09. The van der Waals surface area contributed by atoms with Gasteiger partial charge in [0.2, 0.25) is 0 Å². The minimum absolute atomic E-state index is 0.0888. The van der Waals surface area contributed by atoms with Crippen LogP contribution in [-0.2, 0) is 16.1 Å². The van der Waals surface area contributed by atoms with Crippen LogP contribution >= 0.6 is 0 Å². The summed E-state index contributed by atoms with van der Waals surface area (Å²) in [5.74, 6) is 1.41.